The van der Waals surface area contributed by atoms with Crippen LogP contribution in [0.4, 0.5) is 0 Å². The van der Waals surface area contributed by atoms with Gasteiger partial charge in [0.05, 0.1) is 12.0 Å². The summed E-state index contributed by atoms with van der Waals surface area (Å²) in [4.78, 5) is 12.6. The summed E-state index contributed by atoms with van der Waals surface area (Å²) in [6, 6.07) is 18.5. The monoisotopic (exact) mass is 295 g/mol. The Morgan fingerprint density at radius 1 is 0.955 bits per heavy atom. The van der Waals surface area contributed by atoms with Crippen LogP contribution in [-0.2, 0) is 11.2 Å². The molecule has 0 spiro atoms. The van der Waals surface area contributed by atoms with Gasteiger partial charge in [-0.3, -0.25) is 4.79 Å². The lowest BCUT2D eigenvalue weighted by atomic mass is 9.95. The second-order valence-electron chi connectivity index (χ2n) is 5.70. The summed E-state index contributed by atoms with van der Waals surface area (Å²) in [7, 11) is 0. The maximum atomic E-state index is 12.6. The molecule has 2 nitrogen and oxygen atoms in total. The molecule has 22 heavy (non-hydrogen) atoms. The zero-order chi connectivity index (χ0) is 15.9. The number of carbonyl (C=O) groups excluding carboxylic acids is 1. The Hall–Kier alpha value is -2.09. The van der Waals surface area contributed by atoms with Gasteiger partial charge in [0.1, 0.15) is 0 Å². The SMILES string of the molecule is CCc1ccc(C(C)NC(=O)C(CC)c2ccccc2)cc1. The highest BCUT2D eigenvalue weighted by atomic mass is 16.1. The fourth-order valence-electron chi connectivity index (χ4n) is 2.70. The lowest BCUT2D eigenvalue weighted by Crippen LogP contribution is -2.31. The van der Waals surface area contributed by atoms with Crippen molar-refractivity contribution in [2.45, 2.75) is 45.6 Å². The number of hydrogen-bond donors (Lipinski definition) is 1. The van der Waals surface area contributed by atoms with Gasteiger partial charge >= 0.3 is 0 Å². The van der Waals surface area contributed by atoms with Gasteiger partial charge in [0.15, 0.2) is 0 Å². The van der Waals surface area contributed by atoms with E-state index in [0.717, 1.165) is 24.0 Å². The normalized spacial score (nSPS) is 13.4. The van der Waals surface area contributed by atoms with E-state index in [2.05, 4.69) is 43.4 Å². The predicted octanol–water partition coefficient (Wildman–Crippen LogP) is 4.62. The molecule has 116 valence electrons. The third kappa shape index (κ3) is 3.97. The number of rotatable bonds is 6. The molecular weight excluding hydrogens is 270 g/mol. The van der Waals surface area contributed by atoms with E-state index in [-0.39, 0.29) is 17.9 Å². The summed E-state index contributed by atoms with van der Waals surface area (Å²) < 4.78 is 0. The van der Waals surface area contributed by atoms with Gasteiger partial charge in [-0.1, -0.05) is 68.4 Å². The first-order valence-corrected chi connectivity index (χ1v) is 8.09. The first-order valence-electron chi connectivity index (χ1n) is 8.09. The van der Waals surface area contributed by atoms with Gasteiger partial charge in [-0.2, -0.15) is 0 Å². The molecule has 2 rings (SSSR count). The Labute approximate surface area is 133 Å². The van der Waals surface area contributed by atoms with Crippen LogP contribution in [0.5, 0.6) is 0 Å². The van der Waals surface area contributed by atoms with E-state index >= 15 is 0 Å². The summed E-state index contributed by atoms with van der Waals surface area (Å²) in [6.07, 6.45) is 1.84. The molecule has 0 heterocycles. The second kappa shape index (κ2) is 7.79. The van der Waals surface area contributed by atoms with Crippen LogP contribution in [0.15, 0.2) is 54.6 Å². The van der Waals surface area contributed by atoms with Crippen molar-refractivity contribution in [3.05, 3.63) is 71.3 Å². The molecule has 0 radical (unpaired) electrons. The van der Waals surface area contributed by atoms with Crippen LogP contribution in [0.2, 0.25) is 0 Å². The molecule has 2 aromatic carbocycles. The number of hydrogen-bond acceptors (Lipinski definition) is 1. The second-order valence-corrected chi connectivity index (χ2v) is 5.70. The Kier molecular flexibility index (Phi) is 5.76. The summed E-state index contributed by atoms with van der Waals surface area (Å²) in [6.45, 7) is 6.24. The molecular formula is C20H25NO. The fraction of sp³-hybridized carbons (Fsp3) is 0.350. The van der Waals surface area contributed by atoms with E-state index in [0.29, 0.717) is 0 Å². The third-order valence-electron chi connectivity index (χ3n) is 4.17. The van der Waals surface area contributed by atoms with Gasteiger partial charge < -0.3 is 5.32 Å². The van der Waals surface area contributed by atoms with E-state index in [1.54, 1.807) is 0 Å². The van der Waals surface area contributed by atoms with Gasteiger partial charge in [-0.05, 0) is 36.5 Å². The van der Waals surface area contributed by atoms with Gasteiger partial charge in [-0.15, -0.1) is 0 Å². The van der Waals surface area contributed by atoms with Crippen molar-refractivity contribution in [1.82, 2.24) is 5.32 Å². The highest BCUT2D eigenvalue weighted by Crippen LogP contribution is 2.21. The zero-order valence-corrected chi connectivity index (χ0v) is 13.7. The highest BCUT2D eigenvalue weighted by molar-refractivity contribution is 5.83. The van der Waals surface area contributed by atoms with Crippen LogP contribution >= 0.6 is 0 Å². The van der Waals surface area contributed by atoms with Crippen molar-refractivity contribution in [3.8, 4) is 0 Å². The van der Waals surface area contributed by atoms with Crippen molar-refractivity contribution >= 4 is 5.91 Å². The van der Waals surface area contributed by atoms with E-state index in [1.807, 2.05) is 37.3 Å². The minimum atomic E-state index is -0.0847. The van der Waals surface area contributed by atoms with Crippen molar-refractivity contribution in [2.75, 3.05) is 0 Å². The maximum absolute atomic E-state index is 12.6. The quantitative estimate of drug-likeness (QED) is 0.827. The summed E-state index contributed by atoms with van der Waals surface area (Å²) >= 11 is 0. The molecule has 0 aliphatic carbocycles. The van der Waals surface area contributed by atoms with Crippen LogP contribution in [0.3, 0.4) is 0 Å². The molecule has 2 heteroatoms. The molecule has 0 saturated heterocycles. The maximum Gasteiger partial charge on any atom is 0.228 e. The van der Waals surface area contributed by atoms with E-state index in [1.165, 1.54) is 5.56 Å². The number of nitrogens with one attached hydrogen (secondary N) is 1. The first-order chi connectivity index (χ1) is 10.7. The molecule has 2 unspecified atom stereocenters. The number of aryl methyl sites for hydroxylation is 1. The van der Waals surface area contributed by atoms with Crippen LogP contribution < -0.4 is 5.32 Å². The lowest BCUT2D eigenvalue weighted by molar-refractivity contribution is -0.123. The first kappa shape index (κ1) is 16.3. The number of carbonyl (C=O) groups is 1. The Morgan fingerprint density at radius 2 is 1.59 bits per heavy atom. The van der Waals surface area contributed by atoms with Gasteiger partial charge in [0.25, 0.3) is 0 Å². The van der Waals surface area contributed by atoms with Crippen molar-refractivity contribution in [3.63, 3.8) is 0 Å². The molecule has 1 N–H and O–H groups in total. The van der Waals surface area contributed by atoms with Crippen molar-refractivity contribution in [1.29, 1.82) is 0 Å². The highest BCUT2D eigenvalue weighted by Gasteiger charge is 2.20. The van der Waals surface area contributed by atoms with Crippen LogP contribution in [0.25, 0.3) is 0 Å². The van der Waals surface area contributed by atoms with Crippen LogP contribution in [-0.4, -0.2) is 5.91 Å². The molecule has 0 saturated carbocycles. The van der Waals surface area contributed by atoms with Crippen molar-refractivity contribution in [2.24, 2.45) is 0 Å². The molecule has 0 aliphatic rings. The van der Waals surface area contributed by atoms with E-state index in [9.17, 15) is 4.79 Å². The summed E-state index contributed by atoms with van der Waals surface area (Å²) in [5.41, 5.74) is 3.54. The molecule has 2 atom stereocenters. The molecule has 0 bridgehead atoms. The average Bonchev–Trinajstić information content (AvgIpc) is 2.56. The lowest BCUT2D eigenvalue weighted by Gasteiger charge is -2.20. The molecule has 0 aromatic heterocycles. The fourth-order valence-corrected chi connectivity index (χ4v) is 2.70. The Balaban J connectivity index is 2.06. The Morgan fingerprint density at radius 3 is 2.14 bits per heavy atom. The molecule has 0 fully saturated rings. The molecule has 2 aromatic rings. The number of amides is 1. The third-order valence-corrected chi connectivity index (χ3v) is 4.17. The number of benzene rings is 2. The minimum absolute atomic E-state index is 0.0242. The van der Waals surface area contributed by atoms with Crippen LogP contribution in [0.1, 0.15) is 55.8 Å². The molecule has 1 amide bonds. The topological polar surface area (TPSA) is 29.1 Å². The minimum Gasteiger partial charge on any atom is -0.349 e. The zero-order valence-electron chi connectivity index (χ0n) is 13.7. The largest absolute Gasteiger partial charge is 0.349 e. The molecule has 0 aliphatic heterocycles. The average molecular weight is 295 g/mol. The standard InChI is InChI=1S/C20H25NO/c1-4-16-11-13-17(14-12-16)15(3)21-20(22)19(5-2)18-9-7-6-8-10-18/h6-15,19H,4-5H2,1-3H3,(H,21,22). The summed E-state index contributed by atoms with van der Waals surface area (Å²) in [5.74, 6) is 0.0133. The van der Waals surface area contributed by atoms with Gasteiger partial charge in [-0.25, -0.2) is 0 Å². The smallest absolute Gasteiger partial charge is 0.228 e. The van der Waals surface area contributed by atoms with E-state index < -0.39 is 0 Å². The predicted molar refractivity (Wildman–Crippen MR) is 91.9 cm³/mol. The Bertz CT molecular complexity index is 589. The summed E-state index contributed by atoms with van der Waals surface area (Å²) in [5, 5.41) is 3.14. The van der Waals surface area contributed by atoms with Gasteiger partial charge in [0, 0.05) is 0 Å². The van der Waals surface area contributed by atoms with Gasteiger partial charge in [0.2, 0.25) is 5.91 Å². The van der Waals surface area contributed by atoms with Crippen LogP contribution in [0, 0.1) is 0 Å². The van der Waals surface area contributed by atoms with Crippen molar-refractivity contribution < 1.29 is 4.79 Å². The van der Waals surface area contributed by atoms with E-state index in [4.69, 9.17) is 0 Å².